The summed E-state index contributed by atoms with van der Waals surface area (Å²) >= 11 is 0. The second-order valence-corrected chi connectivity index (χ2v) is 7.14. The fourth-order valence-electron chi connectivity index (χ4n) is 3.33. The van der Waals surface area contributed by atoms with Gasteiger partial charge in [-0.1, -0.05) is 38.8 Å². The summed E-state index contributed by atoms with van der Waals surface area (Å²) in [5.74, 6) is 0.0595. The van der Waals surface area contributed by atoms with Crippen LogP contribution >= 0.6 is 0 Å². The molecule has 5 nitrogen and oxygen atoms in total. The Balaban J connectivity index is 1.73. The second kappa shape index (κ2) is 10.3. The monoisotopic (exact) mass is 363 g/mol. The van der Waals surface area contributed by atoms with Crippen LogP contribution < -0.4 is 10.6 Å². The Morgan fingerprint density at radius 2 is 1.77 bits per heavy atom. The Morgan fingerprint density at radius 3 is 2.42 bits per heavy atom. The van der Waals surface area contributed by atoms with Gasteiger partial charge in [-0.2, -0.15) is 0 Å². The highest BCUT2D eigenvalue weighted by Gasteiger charge is 2.23. The van der Waals surface area contributed by atoms with Crippen LogP contribution in [0.1, 0.15) is 45.1 Å². The standard InChI is InChI=1S/C20H30FN3O2/c1-3-24(14-20(26)23-18-7-5-4-6-15(18)2)13-19(25)22-12-16-8-10-17(21)11-9-16/h8-11,15,18H,3-7,12-14H2,1-2H3,(H,22,25)(H,23,26)/t15-,18-/m0/s1. The van der Waals surface area contributed by atoms with Crippen molar-refractivity contribution in [2.45, 2.75) is 52.1 Å². The van der Waals surface area contributed by atoms with Crippen molar-refractivity contribution in [2.24, 2.45) is 5.92 Å². The van der Waals surface area contributed by atoms with Gasteiger partial charge in [-0.15, -0.1) is 0 Å². The van der Waals surface area contributed by atoms with Gasteiger partial charge in [0.05, 0.1) is 13.1 Å². The second-order valence-electron chi connectivity index (χ2n) is 7.14. The van der Waals surface area contributed by atoms with Crippen LogP contribution in [0.5, 0.6) is 0 Å². The number of hydrogen-bond donors (Lipinski definition) is 2. The van der Waals surface area contributed by atoms with Crippen LogP contribution in [0.15, 0.2) is 24.3 Å². The molecule has 1 aromatic rings. The molecule has 1 saturated carbocycles. The third-order valence-electron chi connectivity index (χ3n) is 5.04. The molecule has 1 aromatic carbocycles. The molecule has 0 radical (unpaired) electrons. The molecular formula is C20H30FN3O2. The highest BCUT2D eigenvalue weighted by atomic mass is 19.1. The number of carbonyl (C=O) groups excluding carboxylic acids is 2. The molecule has 0 aliphatic heterocycles. The lowest BCUT2D eigenvalue weighted by Crippen LogP contribution is -2.47. The molecule has 2 N–H and O–H groups in total. The van der Waals surface area contributed by atoms with Gasteiger partial charge in [0, 0.05) is 12.6 Å². The number of likely N-dealkylation sites (N-methyl/N-ethyl adjacent to an activating group) is 1. The maximum atomic E-state index is 12.9. The normalized spacial score (nSPS) is 20.0. The quantitative estimate of drug-likeness (QED) is 0.746. The van der Waals surface area contributed by atoms with Crippen LogP contribution in [0.25, 0.3) is 0 Å². The number of amides is 2. The summed E-state index contributed by atoms with van der Waals surface area (Å²) in [5.41, 5.74) is 0.840. The van der Waals surface area contributed by atoms with Gasteiger partial charge in [0.2, 0.25) is 11.8 Å². The van der Waals surface area contributed by atoms with Crippen molar-refractivity contribution >= 4 is 11.8 Å². The lowest BCUT2D eigenvalue weighted by molar-refractivity contribution is -0.125. The molecule has 1 aliphatic carbocycles. The first-order valence-electron chi connectivity index (χ1n) is 9.50. The topological polar surface area (TPSA) is 61.4 Å². The Kier molecular flexibility index (Phi) is 8.04. The third kappa shape index (κ3) is 6.75. The molecule has 144 valence electrons. The molecule has 0 unspecified atom stereocenters. The van der Waals surface area contributed by atoms with Gasteiger partial charge in [-0.25, -0.2) is 4.39 Å². The Bertz CT molecular complexity index is 591. The van der Waals surface area contributed by atoms with Gasteiger partial charge in [-0.3, -0.25) is 14.5 Å². The van der Waals surface area contributed by atoms with Crippen molar-refractivity contribution in [3.05, 3.63) is 35.6 Å². The maximum Gasteiger partial charge on any atom is 0.234 e. The molecule has 0 bridgehead atoms. The van der Waals surface area contributed by atoms with E-state index in [1.165, 1.54) is 25.0 Å². The van der Waals surface area contributed by atoms with Crippen molar-refractivity contribution in [3.63, 3.8) is 0 Å². The Hall–Kier alpha value is -1.95. The fraction of sp³-hybridized carbons (Fsp3) is 0.600. The van der Waals surface area contributed by atoms with E-state index >= 15 is 0 Å². The molecule has 2 rings (SSSR count). The van der Waals surface area contributed by atoms with Gasteiger partial charge >= 0.3 is 0 Å². The van der Waals surface area contributed by atoms with Gasteiger partial charge in [0.1, 0.15) is 5.82 Å². The van der Waals surface area contributed by atoms with Crippen LogP contribution in [-0.2, 0) is 16.1 Å². The molecule has 6 heteroatoms. The molecule has 0 aromatic heterocycles. The summed E-state index contributed by atoms with van der Waals surface area (Å²) in [7, 11) is 0. The molecular weight excluding hydrogens is 333 g/mol. The van der Waals surface area contributed by atoms with E-state index in [1.54, 1.807) is 12.1 Å². The number of hydrogen-bond acceptors (Lipinski definition) is 3. The molecule has 2 amide bonds. The van der Waals surface area contributed by atoms with Gasteiger partial charge in [0.25, 0.3) is 0 Å². The molecule has 1 aliphatic rings. The minimum atomic E-state index is -0.296. The SMILES string of the molecule is CCN(CC(=O)NCc1ccc(F)cc1)CC(=O)N[C@H]1CCCC[C@@H]1C. The van der Waals surface area contributed by atoms with Crippen molar-refractivity contribution in [2.75, 3.05) is 19.6 Å². The molecule has 0 spiro atoms. The highest BCUT2D eigenvalue weighted by Crippen LogP contribution is 2.23. The molecule has 1 fully saturated rings. The Labute approximate surface area is 155 Å². The minimum absolute atomic E-state index is 0.0167. The zero-order valence-corrected chi connectivity index (χ0v) is 15.8. The maximum absolute atomic E-state index is 12.9. The molecule has 0 heterocycles. The summed E-state index contributed by atoms with van der Waals surface area (Å²) in [6, 6.07) is 6.28. The number of carbonyl (C=O) groups is 2. The molecule has 26 heavy (non-hydrogen) atoms. The van der Waals surface area contributed by atoms with Crippen molar-refractivity contribution < 1.29 is 14.0 Å². The van der Waals surface area contributed by atoms with Crippen molar-refractivity contribution in [1.82, 2.24) is 15.5 Å². The molecule has 0 saturated heterocycles. The third-order valence-corrected chi connectivity index (χ3v) is 5.04. The van der Waals surface area contributed by atoms with Gasteiger partial charge in [0.15, 0.2) is 0 Å². The van der Waals surface area contributed by atoms with E-state index in [2.05, 4.69) is 17.6 Å². The predicted octanol–water partition coefficient (Wildman–Crippen LogP) is 2.46. The van der Waals surface area contributed by atoms with Crippen LogP contribution in [0, 0.1) is 11.7 Å². The first-order valence-corrected chi connectivity index (χ1v) is 9.50. The highest BCUT2D eigenvalue weighted by molar-refractivity contribution is 5.81. The smallest absolute Gasteiger partial charge is 0.234 e. The summed E-state index contributed by atoms with van der Waals surface area (Å²) < 4.78 is 12.9. The minimum Gasteiger partial charge on any atom is -0.352 e. The van der Waals surface area contributed by atoms with E-state index in [9.17, 15) is 14.0 Å². The van der Waals surface area contributed by atoms with Gasteiger partial charge in [-0.05, 0) is 43.0 Å². The fourth-order valence-corrected chi connectivity index (χ4v) is 3.33. The number of halogens is 1. The van der Waals surface area contributed by atoms with Crippen LogP contribution in [0.3, 0.4) is 0 Å². The lowest BCUT2D eigenvalue weighted by atomic mass is 9.86. The molecule has 2 atom stereocenters. The van der Waals surface area contributed by atoms with Gasteiger partial charge < -0.3 is 10.6 Å². The first kappa shape index (κ1) is 20.4. The zero-order valence-electron chi connectivity index (χ0n) is 15.8. The summed E-state index contributed by atoms with van der Waals surface area (Å²) in [6.07, 6.45) is 4.60. The number of benzene rings is 1. The van der Waals surface area contributed by atoms with E-state index in [0.717, 1.165) is 18.4 Å². The van der Waals surface area contributed by atoms with Crippen LogP contribution in [-0.4, -0.2) is 42.4 Å². The Morgan fingerprint density at radius 1 is 1.12 bits per heavy atom. The zero-order chi connectivity index (χ0) is 18.9. The largest absolute Gasteiger partial charge is 0.352 e. The number of nitrogens with zero attached hydrogens (tertiary/aromatic N) is 1. The average molecular weight is 363 g/mol. The summed E-state index contributed by atoms with van der Waals surface area (Å²) in [4.78, 5) is 26.2. The van der Waals surface area contributed by atoms with Crippen LogP contribution in [0.2, 0.25) is 0 Å². The summed E-state index contributed by atoms with van der Waals surface area (Å²) in [6.45, 7) is 5.49. The van der Waals surface area contributed by atoms with E-state index in [4.69, 9.17) is 0 Å². The summed E-state index contributed by atoms with van der Waals surface area (Å²) in [5, 5.41) is 5.93. The van der Waals surface area contributed by atoms with Crippen molar-refractivity contribution in [3.8, 4) is 0 Å². The van der Waals surface area contributed by atoms with E-state index < -0.39 is 0 Å². The number of rotatable bonds is 8. The first-order chi connectivity index (χ1) is 12.5. The lowest BCUT2D eigenvalue weighted by Gasteiger charge is -2.30. The van der Waals surface area contributed by atoms with Crippen molar-refractivity contribution in [1.29, 1.82) is 0 Å². The van der Waals surface area contributed by atoms with E-state index in [-0.39, 0.29) is 36.8 Å². The predicted molar refractivity (Wildman–Crippen MR) is 99.9 cm³/mol. The van der Waals surface area contributed by atoms with Crippen LogP contribution in [0.4, 0.5) is 4.39 Å². The van der Waals surface area contributed by atoms with E-state index in [0.29, 0.717) is 19.0 Å². The van der Waals surface area contributed by atoms with E-state index in [1.807, 2.05) is 11.8 Å². The average Bonchev–Trinajstić information content (AvgIpc) is 2.62. The number of nitrogens with one attached hydrogen (secondary N) is 2.